The Labute approximate surface area is 354 Å². The SMILES string of the molecule is Cc1cc(Cl)ccc1-c1ccc2c(=O)n(-c3ccc(S(=O)(=O)N4CCOCC4)cc3)c(C(Cc3cc(F)cc(F)c3)NC(=O)Cn3nc(C(F)F)c4c3C(F)(F)[C@@H]3C[C@H]43)nc2c1. The van der Waals surface area contributed by atoms with E-state index in [-0.39, 0.29) is 71.2 Å². The molecule has 3 aliphatic rings. The van der Waals surface area contributed by atoms with E-state index in [1.54, 1.807) is 36.4 Å². The predicted octanol–water partition coefficient (Wildman–Crippen LogP) is 7.76. The first kappa shape index (κ1) is 41.8. The molecule has 3 atom stereocenters. The van der Waals surface area contributed by atoms with Crippen LogP contribution in [0.3, 0.4) is 0 Å². The first-order valence-corrected chi connectivity index (χ1v) is 21.4. The Morgan fingerprint density at radius 1 is 0.984 bits per heavy atom. The minimum atomic E-state index is -3.98. The Hall–Kier alpha value is -5.56. The summed E-state index contributed by atoms with van der Waals surface area (Å²) in [7, 11) is -3.98. The molecule has 1 N–H and O–H groups in total. The molecule has 0 radical (unpaired) electrons. The summed E-state index contributed by atoms with van der Waals surface area (Å²) < 4.78 is 124. The number of amides is 1. The molecule has 2 aliphatic carbocycles. The summed E-state index contributed by atoms with van der Waals surface area (Å²) in [6.07, 6.45) is -3.60. The maximum Gasteiger partial charge on any atom is 0.293 e. The van der Waals surface area contributed by atoms with Crippen molar-refractivity contribution in [1.29, 1.82) is 0 Å². The highest BCUT2D eigenvalue weighted by atomic mass is 35.5. The number of rotatable bonds is 11. The first-order chi connectivity index (χ1) is 29.5. The number of nitrogens with one attached hydrogen (secondary N) is 1. The first-order valence-electron chi connectivity index (χ1n) is 19.5. The van der Waals surface area contributed by atoms with Crippen LogP contribution in [-0.2, 0) is 38.4 Å². The van der Waals surface area contributed by atoms with Gasteiger partial charge in [-0.1, -0.05) is 23.7 Å². The van der Waals surface area contributed by atoms with Crippen LogP contribution in [0, 0.1) is 24.5 Å². The van der Waals surface area contributed by atoms with Crippen LogP contribution in [0.4, 0.5) is 26.3 Å². The van der Waals surface area contributed by atoms with Crippen LogP contribution in [0.1, 0.15) is 58.7 Å². The highest BCUT2D eigenvalue weighted by Gasteiger charge is 2.67. The number of morpholine rings is 1. The monoisotopic (exact) mass is 896 g/mol. The van der Waals surface area contributed by atoms with E-state index in [0.717, 1.165) is 27.8 Å². The summed E-state index contributed by atoms with van der Waals surface area (Å²) in [5, 5.41) is 7.01. The van der Waals surface area contributed by atoms with Crippen molar-refractivity contribution < 1.29 is 44.3 Å². The fraction of sp³-hybridized carbons (Fsp3) is 0.302. The van der Waals surface area contributed by atoms with Gasteiger partial charge < -0.3 is 10.1 Å². The minimum absolute atomic E-state index is 0.00206. The van der Waals surface area contributed by atoms with Crippen molar-refractivity contribution >= 4 is 38.4 Å². The Morgan fingerprint density at radius 2 is 1.69 bits per heavy atom. The van der Waals surface area contributed by atoms with Crippen LogP contribution in [0.25, 0.3) is 27.7 Å². The van der Waals surface area contributed by atoms with E-state index in [1.807, 2.05) is 6.92 Å². The van der Waals surface area contributed by atoms with E-state index >= 15 is 8.78 Å². The molecule has 322 valence electrons. The van der Waals surface area contributed by atoms with Crippen molar-refractivity contribution in [3.05, 3.63) is 140 Å². The summed E-state index contributed by atoms with van der Waals surface area (Å²) in [6.45, 7) is 1.56. The summed E-state index contributed by atoms with van der Waals surface area (Å²) in [5.41, 5.74) is -0.141. The molecule has 1 saturated carbocycles. The second kappa shape index (κ2) is 15.7. The van der Waals surface area contributed by atoms with Gasteiger partial charge in [0.05, 0.1) is 40.7 Å². The number of sulfonamides is 1. The lowest BCUT2D eigenvalue weighted by molar-refractivity contribution is -0.123. The molecule has 1 unspecified atom stereocenters. The van der Waals surface area contributed by atoms with Gasteiger partial charge in [-0.3, -0.25) is 18.8 Å². The maximum atomic E-state index is 15.5. The third-order valence-electron chi connectivity index (χ3n) is 11.6. The molecular formula is C43H35ClF6N6O5S. The average molecular weight is 897 g/mol. The number of alkyl halides is 4. The third-order valence-corrected chi connectivity index (χ3v) is 13.7. The lowest BCUT2D eigenvalue weighted by Crippen LogP contribution is -2.40. The van der Waals surface area contributed by atoms with Gasteiger partial charge in [0.2, 0.25) is 15.9 Å². The summed E-state index contributed by atoms with van der Waals surface area (Å²) in [6, 6.07) is 16.6. The predicted molar refractivity (Wildman–Crippen MR) is 215 cm³/mol. The van der Waals surface area contributed by atoms with Crippen LogP contribution in [0.5, 0.6) is 0 Å². The minimum Gasteiger partial charge on any atom is -0.379 e. The normalized spacial score (nSPS) is 18.8. The van der Waals surface area contributed by atoms with Gasteiger partial charge in [-0.15, -0.1) is 0 Å². The number of carbonyl (C=O) groups is 1. The zero-order valence-corrected chi connectivity index (χ0v) is 34.2. The molecule has 0 bridgehead atoms. The topological polar surface area (TPSA) is 128 Å². The van der Waals surface area contributed by atoms with E-state index in [4.69, 9.17) is 21.3 Å². The molecule has 2 fully saturated rings. The number of aromatic nitrogens is 4. The van der Waals surface area contributed by atoms with Gasteiger partial charge in [0, 0.05) is 42.1 Å². The van der Waals surface area contributed by atoms with E-state index < -0.39 is 87.7 Å². The van der Waals surface area contributed by atoms with Gasteiger partial charge in [0.25, 0.3) is 17.9 Å². The van der Waals surface area contributed by atoms with Gasteiger partial charge in [0.15, 0.2) is 0 Å². The molecule has 19 heteroatoms. The second-order valence-corrected chi connectivity index (χ2v) is 18.0. The second-order valence-electron chi connectivity index (χ2n) is 15.6. The number of aryl methyl sites for hydroxylation is 1. The zero-order chi connectivity index (χ0) is 43.8. The number of benzene rings is 4. The smallest absolute Gasteiger partial charge is 0.293 e. The van der Waals surface area contributed by atoms with E-state index in [1.165, 1.54) is 28.6 Å². The molecule has 11 nitrogen and oxygen atoms in total. The van der Waals surface area contributed by atoms with Crippen LogP contribution in [-0.4, -0.2) is 64.3 Å². The van der Waals surface area contributed by atoms with Gasteiger partial charge in [0.1, 0.15) is 35.4 Å². The Bertz CT molecular complexity index is 2940. The molecule has 1 saturated heterocycles. The zero-order valence-electron chi connectivity index (χ0n) is 32.6. The molecule has 9 rings (SSSR count). The van der Waals surface area contributed by atoms with Gasteiger partial charge >= 0.3 is 0 Å². The highest BCUT2D eigenvalue weighted by molar-refractivity contribution is 7.89. The number of ether oxygens (including phenoxy) is 1. The van der Waals surface area contributed by atoms with Crippen LogP contribution in [0.15, 0.2) is 88.6 Å². The number of hydrogen-bond donors (Lipinski definition) is 1. The van der Waals surface area contributed by atoms with Crippen molar-refractivity contribution in [2.75, 3.05) is 26.3 Å². The molecule has 62 heavy (non-hydrogen) atoms. The van der Waals surface area contributed by atoms with Crippen molar-refractivity contribution in [1.82, 2.24) is 29.0 Å². The number of carbonyl (C=O) groups excluding carboxylic acids is 1. The number of hydrogen-bond acceptors (Lipinski definition) is 7. The Morgan fingerprint density at radius 3 is 2.37 bits per heavy atom. The number of fused-ring (bicyclic) bond motifs is 4. The van der Waals surface area contributed by atoms with Crippen molar-refractivity contribution in [3.63, 3.8) is 0 Å². The van der Waals surface area contributed by atoms with Crippen molar-refractivity contribution in [2.24, 2.45) is 5.92 Å². The van der Waals surface area contributed by atoms with Crippen molar-refractivity contribution in [3.8, 4) is 16.8 Å². The van der Waals surface area contributed by atoms with Crippen LogP contribution >= 0.6 is 11.6 Å². The van der Waals surface area contributed by atoms with E-state index in [2.05, 4.69) is 10.4 Å². The molecule has 6 aromatic rings. The molecular weight excluding hydrogens is 862 g/mol. The molecule has 3 heterocycles. The number of halogens is 7. The third kappa shape index (κ3) is 7.45. The van der Waals surface area contributed by atoms with E-state index in [0.29, 0.717) is 21.3 Å². The standard InChI is InChI=1S/C43H35ClF6N6O5S/c1-22-14-25(44)3-9-30(22)24-2-8-31-34(18-24)52-41(56(42(31)58)28-4-6-29(7-5-28)62(59,60)54-10-12-61-13-11-54)35(17-23-15-26(45)19-27(46)16-23)51-36(57)21-55-39-37(38(53-55)40(47)48)32-20-33(32)43(39,49)50/h2-9,14-16,18-19,32-33,35,40H,10-13,17,20-21H2,1H3,(H,51,57)/t32-,33+,35?/m0/s1. The fourth-order valence-corrected chi connectivity index (χ4v) is 10.3. The number of nitrogens with zero attached hydrogens (tertiary/aromatic N) is 5. The van der Waals surface area contributed by atoms with Crippen molar-refractivity contribution in [2.45, 2.75) is 55.5 Å². The van der Waals surface area contributed by atoms with E-state index in [9.17, 15) is 35.6 Å². The lowest BCUT2D eigenvalue weighted by atomic mass is 9.99. The van der Waals surface area contributed by atoms with Gasteiger partial charge in [-0.05, 0) is 102 Å². The summed E-state index contributed by atoms with van der Waals surface area (Å²) >= 11 is 6.21. The quantitative estimate of drug-likeness (QED) is 0.132. The van der Waals surface area contributed by atoms with Gasteiger partial charge in [-0.25, -0.2) is 31.0 Å². The maximum absolute atomic E-state index is 15.5. The molecule has 1 aliphatic heterocycles. The van der Waals surface area contributed by atoms with Gasteiger partial charge in [-0.2, -0.15) is 18.2 Å². The average Bonchev–Trinajstić information content (AvgIpc) is 3.88. The Kier molecular flexibility index (Phi) is 10.5. The molecule has 0 spiro atoms. The highest BCUT2D eigenvalue weighted by Crippen LogP contribution is 2.68. The molecule has 1 amide bonds. The lowest BCUT2D eigenvalue weighted by Gasteiger charge is -2.26. The van der Waals surface area contributed by atoms with Crippen LogP contribution in [0.2, 0.25) is 5.02 Å². The summed E-state index contributed by atoms with van der Waals surface area (Å²) in [4.78, 5) is 33.6. The van der Waals surface area contributed by atoms with Crippen LogP contribution < -0.4 is 10.9 Å². The molecule has 4 aromatic carbocycles. The largest absolute Gasteiger partial charge is 0.379 e. The fourth-order valence-electron chi connectivity index (χ4n) is 8.63. The summed E-state index contributed by atoms with van der Waals surface area (Å²) in [5.74, 6) is -8.66. The molecule has 2 aromatic heterocycles. The Balaban J connectivity index is 1.19.